The number of nitrogens with zero attached hydrogens (tertiary/aromatic N) is 5. The van der Waals surface area contributed by atoms with Crippen molar-refractivity contribution in [3.8, 4) is 17.2 Å². The summed E-state index contributed by atoms with van der Waals surface area (Å²) in [6.45, 7) is 0.407. The zero-order chi connectivity index (χ0) is 22.6. The van der Waals surface area contributed by atoms with Crippen LogP contribution in [0.1, 0.15) is 11.1 Å². The van der Waals surface area contributed by atoms with E-state index in [4.69, 9.17) is 4.55 Å². The summed E-state index contributed by atoms with van der Waals surface area (Å²) in [5.41, 5.74) is 4.21. The highest BCUT2D eigenvalue weighted by Gasteiger charge is 2.14. The summed E-state index contributed by atoms with van der Waals surface area (Å²) in [5, 5.41) is 19.3. The zero-order valence-electron chi connectivity index (χ0n) is 16.7. The maximum atomic E-state index is 11.0. The largest absolute Gasteiger partial charge is 0.357 e. The van der Waals surface area contributed by atoms with E-state index in [1.807, 2.05) is 52.2 Å². The molecule has 4 rings (SSSR count). The highest BCUT2D eigenvalue weighted by atomic mass is 32.2. The van der Waals surface area contributed by atoms with Crippen LogP contribution >= 0.6 is 0 Å². The van der Waals surface area contributed by atoms with E-state index >= 15 is 0 Å². The van der Waals surface area contributed by atoms with Gasteiger partial charge in [-0.3, -0.25) is 14.3 Å². The molecular weight excluding hydrogens is 428 g/mol. The second-order valence-corrected chi connectivity index (χ2v) is 8.04. The first-order valence-corrected chi connectivity index (χ1v) is 10.9. The van der Waals surface area contributed by atoms with E-state index < -0.39 is 10.3 Å². The Kier molecular flexibility index (Phi) is 5.85. The van der Waals surface area contributed by atoms with E-state index in [1.165, 1.54) is 0 Å². The number of benzene rings is 3. The van der Waals surface area contributed by atoms with E-state index in [9.17, 15) is 13.7 Å². The number of hydrogen-bond donors (Lipinski definition) is 2. The molecule has 1 aromatic heterocycles. The first-order valence-electron chi connectivity index (χ1n) is 9.49. The number of anilines is 2. The van der Waals surface area contributed by atoms with Crippen molar-refractivity contribution in [2.75, 3.05) is 9.73 Å². The van der Waals surface area contributed by atoms with Crippen LogP contribution in [0.25, 0.3) is 11.1 Å². The van der Waals surface area contributed by atoms with Crippen LogP contribution in [0.2, 0.25) is 0 Å². The molecule has 0 unspecified atom stereocenters. The van der Waals surface area contributed by atoms with E-state index in [0.29, 0.717) is 12.1 Å². The molecule has 0 saturated carbocycles. The third-order valence-electron chi connectivity index (χ3n) is 4.72. The molecule has 0 fully saturated rings. The Labute approximate surface area is 185 Å². The van der Waals surface area contributed by atoms with Gasteiger partial charge in [0.2, 0.25) is 0 Å². The molecule has 32 heavy (non-hydrogen) atoms. The molecule has 10 heteroatoms. The van der Waals surface area contributed by atoms with Crippen molar-refractivity contribution in [2.24, 2.45) is 0 Å². The van der Waals surface area contributed by atoms with Crippen LogP contribution in [-0.2, 0) is 16.8 Å². The van der Waals surface area contributed by atoms with Gasteiger partial charge in [0.05, 0.1) is 29.6 Å². The normalized spacial score (nSPS) is 11.0. The fourth-order valence-corrected chi connectivity index (χ4v) is 3.71. The van der Waals surface area contributed by atoms with Crippen LogP contribution in [0.15, 0.2) is 85.5 Å². The van der Waals surface area contributed by atoms with Gasteiger partial charge >= 0.3 is 10.3 Å². The summed E-state index contributed by atoms with van der Waals surface area (Å²) in [6, 6.07) is 24.0. The Morgan fingerprint density at radius 2 is 1.69 bits per heavy atom. The quantitative estimate of drug-likeness (QED) is 0.416. The van der Waals surface area contributed by atoms with Crippen LogP contribution in [-0.4, -0.2) is 27.8 Å². The lowest BCUT2D eigenvalue weighted by Crippen LogP contribution is -2.28. The molecule has 0 aliphatic rings. The highest BCUT2D eigenvalue weighted by Crippen LogP contribution is 2.29. The number of nitriles is 1. The third kappa shape index (κ3) is 4.92. The van der Waals surface area contributed by atoms with Crippen molar-refractivity contribution in [3.63, 3.8) is 0 Å². The fourth-order valence-electron chi connectivity index (χ4n) is 3.27. The summed E-state index contributed by atoms with van der Waals surface area (Å²) in [5.74, 6) is 0. The van der Waals surface area contributed by atoms with Crippen LogP contribution in [0.3, 0.4) is 0 Å². The SMILES string of the molecule is N#Cc1ccc(N(Cc2ccc(NS(=O)(=O)O)cc2)n2cnnc2)cc1-c1ccccc1. The smallest absolute Gasteiger partial charge is 0.274 e. The van der Waals surface area contributed by atoms with Crippen molar-refractivity contribution in [3.05, 3.63) is 96.6 Å². The number of aromatic nitrogens is 3. The minimum absolute atomic E-state index is 0.247. The van der Waals surface area contributed by atoms with Crippen LogP contribution in [0.5, 0.6) is 0 Å². The van der Waals surface area contributed by atoms with Gasteiger partial charge in [0, 0.05) is 5.56 Å². The zero-order valence-corrected chi connectivity index (χ0v) is 17.5. The second-order valence-electron chi connectivity index (χ2n) is 6.88. The summed E-state index contributed by atoms with van der Waals surface area (Å²) in [7, 11) is -4.34. The summed E-state index contributed by atoms with van der Waals surface area (Å²) in [6.07, 6.45) is 3.13. The van der Waals surface area contributed by atoms with Gasteiger partial charge in [-0.05, 0) is 41.5 Å². The molecule has 0 aliphatic carbocycles. The first-order chi connectivity index (χ1) is 15.4. The standard InChI is InChI=1S/C22H18N6O3S/c23-13-19-8-11-21(12-22(19)18-4-2-1-3-5-18)28(27-15-24-25-16-27)14-17-6-9-20(10-7-17)26-32(29,30)31/h1-12,15-16,26H,14H2,(H,29,30,31). The van der Waals surface area contributed by atoms with Gasteiger partial charge in [0.1, 0.15) is 12.7 Å². The predicted molar refractivity (Wildman–Crippen MR) is 120 cm³/mol. The van der Waals surface area contributed by atoms with Crippen LogP contribution in [0.4, 0.5) is 11.4 Å². The summed E-state index contributed by atoms with van der Waals surface area (Å²) in [4.78, 5) is 0. The highest BCUT2D eigenvalue weighted by molar-refractivity contribution is 7.87. The minimum Gasteiger partial charge on any atom is -0.274 e. The molecule has 0 spiro atoms. The molecule has 2 N–H and O–H groups in total. The lowest BCUT2D eigenvalue weighted by Gasteiger charge is -2.26. The monoisotopic (exact) mass is 446 g/mol. The van der Waals surface area contributed by atoms with E-state index in [2.05, 4.69) is 16.3 Å². The van der Waals surface area contributed by atoms with Crippen molar-refractivity contribution >= 4 is 21.7 Å². The molecule has 0 atom stereocenters. The maximum absolute atomic E-state index is 11.0. The Hall–Kier alpha value is -4.20. The molecule has 3 aromatic carbocycles. The van der Waals surface area contributed by atoms with Crippen LogP contribution in [0, 0.1) is 11.3 Å². The van der Waals surface area contributed by atoms with Crippen molar-refractivity contribution in [1.82, 2.24) is 14.9 Å². The molecule has 0 radical (unpaired) electrons. The number of hydrogen-bond acceptors (Lipinski definition) is 6. The Bertz CT molecular complexity index is 1350. The van der Waals surface area contributed by atoms with Gasteiger partial charge < -0.3 is 0 Å². The van der Waals surface area contributed by atoms with E-state index in [0.717, 1.165) is 22.4 Å². The molecule has 9 nitrogen and oxygen atoms in total. The van der Waals surface area contributed by atoms with Gasteiger partial charge in [-0.1, -0.05) is 42.5 Å². The van der Waals surface area contributed by atoms with Crippen molar-refractivity contribution in [2.45, 2.75) is 6.54 Å². The van der Waals surface area contributed by atoms with Gasteiger partial charge in [-0.2, -0.15) is 13.7 Å². The molecular formula is C22H18N6O3S. The maximum Gasteiger partial charge on any atom is 0.357 e. The first kappa shape index (κ1) is 21.0. The number of rotatable bonds is 7. The van der Waals surface area contributed by atoms with Gasteiger partial charge in [-0.25, -0.2) is 4.68 Å². The van der Waals surface area contributed by atoms with Crippen LogP contribution < -0.4 is 9.73 Å². The molecule has 0 saturated heterocycles. The molecule has 0 bridgehead atoms. The van der Waals surface area contributed by atoms with Gasteiger partial charge in [0.25, 0.3) is 0 Å². The molecule has 160 valence electrons. The Balaban J connectivity index is 1.70. The second kappa shape index (κ2) is 8.89. The van der Waals surface area contributed by atoms with Gasteiger partial charge in [0.15, 0.2) is 0 Å². The van der Waals surface area contributed by atoms with E-state index in [1.54, 1.807) is 47.7 Å². The lowest BCUT2D eigenvalue weighted by molar-refractivity contribution is 0.489. The third-order valence-corrected chi connectivity index (χ3v) is 5.22. The average molecular weight is 446 g/mol. The fraction of sp³-hybridized carbons (Fsp3) is 0.0455. The van der Waals surface area contributed by atoms with Crippen molar-refractivity contribution in [1.29, 1.82) is 5.26 Å². The summed E-state index contributed by atoms with van der Waals surface area (Å²) >= 11 is 0. The lowest BCUT2D eigenvalue weighted by atomic mass is 9.99. The Morgan fingerprint density at radius 3 is 2.31 bits per heavy atom. The topological polar surface area (TPSA) is 124 Å². The summed E-state index contributed by atoms with van der Waals surface area (Å²) < 4.78 is 34.7. The number of nitrogens with one attached hydrogen (secondary N) is 1. The molecule has 4 aromatic rings. The van der Waals surface area contributed by atoms with E-state index in [-0.39, 0.29) is 5.69 Å². The molecule has 0 aliphatic heterocycles. The predicted octanol–water partition coefficient (Wildman–Crippen LogP) is 3.50. The minimum atomic E-state index is -4.34. The Morgan fingerprint density at radius 1 is 1.00 bits per heavy atom. The average Bonchev–Trinajstić information content (AvgIpc) is 3.32. The molecule has 0 amide bonds. The van der Waals surface area contributed by atoms with Gasteiger partial charge in [-0.15, -0.1) is 10.2 Å². The van der Waals surface area contributed by atoms with Crippen molar-refractivity contribution < 1.29 is 13.0 Å². The molecule has 1 heterocycles.